The number of rotatable bonds is 9. The van der Waals surface area contributed by atoms with Gasteiger partial charge in [0.15, 0.2) is 11.6 Å². The molecule has 1 fully saturated rings. The van der Waals surface area contributed by atoms with Crippen molar-refractivity contribution in [2.24, 2.45) is 0 Å². The maximum absolute atomic E-state index is 13.6. The van der Waals surface area contributed by atoms with E-state index < -0.39 is 11.9 Å². The van der Waals surface area contributed by atoms with Gasteiger partial charge in [0.2, 0.25) is 5.91 Å². The number of ether oxygens (including phenoxy) is 1. The summed E-state index contributed by atoms with van der Waals surface area (Å²) in [6.45, 7) is 10.9. The number of para-hydroxylation sites is 2. The predicted molar refractivity (Wildman–Crippen MR) is 125 cm³/mol. The van der Waals surface area contributed by atoms with E-state index in [4.69, 9.17) is 4.74 Å². The normalized spacial score (nSPS) is 18.2. The molecule has 32 heavy (non-hydrogen) atoms. The summed E-state index contributed by atoms with van der Waals surface area (Å²) >= 11 is 0. The highest BCUT2D eigenvalue weighted by Gasteiger charge is 2.26. The van der Waals surface area contributed by atoms with E-state index in [-0.39, 0.29) is 24.3 Å². The van der Waals surface area contributed by atoms with Crippen LogP contribution < -0.4 is 10.1 Å². The number of allylic oxidation sites excluding steroid dienone is 1. The van der Waals surface area contributed by atoms with Crippen LogP contribution in [0.4, 0.5) is 10.1 Å². The van der Waals surface area contributed by atoms with E-state index in [1.54, 1.807) is 18.2 Å². The zero-order valence-electron chi connectivity index (χ0n) is 18.8. The molecule has 0 aliphatic carbocycles. The molecule has 172 valence electrons. The van der Waals surface area contributed by atoms with E-state index in [0.29, 0.717) is 13.1 Å². The highest BCUT2D eigenvalue weighted by molar-refractivity contribution is 5.95. The fourth-order valence-electron chi connectivity index (χ4n) is 3.91. The minimum absolute atomic E-state index is 0.0262. The van der Waals surface area contributed by atoms with E-state index in [1.807, 2.05) is 31.2 Å². The molecule has 0 radical (unpaired) electrons. The number of carbonyl (C=O) groups excluding carboxylic acids is 1. The second kappa shape index (κ2) is 11.2. The summed E-state index contributed by atoms with van der Waals surface area (Å²) in [5.41, 5.74) is 2.61. The Hall–Kier alpha value is -2.74. The fourth-order valence-corrected chi connectivity index (χ4v) is 3.91. The van der Waals surface area contributed by atoms with Crippen LogP contribution in [0, 0.1) is 5.82 Å². The minimum Gasteiger partial charge on any atom is -0.488 e. The number of hydrogen-bond acceptors (Lipinski definition) is 5. The number of piperazine rings is 1. The van der Waals surface area contributed by atoms with Crippen LogP contribution in [0.25, 0.3) is 5.57 Å². The molecule has 1 aliphatic heterocycles. The van der Waals surface area contributed by atoms with Crippen molar-refractivity contribution in [1.29, 1.82) is 0 Å². The molecule has 1 aliphatic rings. The second-order valence-electron chi connectivity index (χ2n) is 8.35. The van der Waals surface area contributed by atoms with Gasteiger partial charge in [-0.25, -0.2) is 4.39 Å². The van der Waals surface area contributed by atoms with Gasteiger partial charge in [0.05, 0.1) is 6.54 Å². The number of nitrogens with zero attached hydrogens (tertiary/aromatic N) is 2. The third-order valence-corrected chi connectivity index (χ3v) is 5.59. The quantitative estimate of drug-likeness (QED) is 0.626. The molecule has 0 saturated carbocycles. The number of halogens is 1. The average Bonchev–Trinajstić information content (AvgIpc) is 2.75. The number of aliphatic hydroxyl groups is 1. The number of anilines is 1. The summed E-state index contributed by atoms with van der Waals surface area (Å²) < 4.78 is 19.1. The highest BCUT2D eigenvalue weighted by Crippen LogP contribution is 2.22. The predicted octanol–water partition coefficient (Wildman–Crippen LogP) is 3.24. The summed E-state index contributed by atoms with van der Waals surface area (Å²) in [6.07, 6.45) is -0.731. The fraction of sp³-hybridized carbons (Fsp3) is 0.400. The first-order valence-corrected chi connectivity index (χ1v) is 10.9. The Morgan fingerprint density at radius 1 is 1.25 bits per heavy atom. The number of aliphatic hydroxyl groups excluding tert-OH is 1. The molecule has 2 unspecified atom stereocenters. The molecule has 1 saturated heterocycles. The van der Waals surface area contributed by atoms with Crippen molar-refractivity contribution < 1.29 is 19.0 Å². The second-order valence-corrected chi connectivity index (χ2v) is 8.35. The smallest absolute Gasteiger partial charge is 0.238 e. The first-order chi connectivity index (χ1) is 15.3. The Balaban J connectivity index is 1.44. The maximum atomic E-state index is 13.6. The lowest BCUT2D eigenvalue weighted by Crippen LogP contribution is -2.55. The van der Waals surface area contributed by atoms with Gasteiger partial charge in [0, 0.05) is 43.5 Å². The SMILES string of the molecule is C=C(C)c1ccccc1NC(=O)CN1CCN(CC(O)COc2ccccc2F)C(C)C1. The lowest BCUT2D eigenvalue weighted by molar-refractivity contribution is -0.118. The molecule has 1 heterocycles. The first-order valence-electron chi connectivity index (χ1n) is 10.9. The number of nitrogens with one attached hydrogen (secondary N) is 1. The van der Waals surface area contributed by atoms with Crippen molar-refractivity contribution in [3.05, 3.63) is 66.5 Å². The summed E-state index contributed by atoms with van der Waals surface area (Å²) in [5, 5.41) is 13.3. The van der Waals surface area contributed by atoms with E-state index in [9.17, 15) is 14.3 Å². The molecule has 0 bridgehead atoms. The van der Waals surface area contributed by atoms with Gasteiger partial charge in [-0.2, -0.15) is 0 Å². The molecular formula is C25H32FN3O3. The van der Waals surface area contributed by atoms with Crippen molar-refractivity contribution in [2.75, 3.05) is 44.6 Å². The van der Waals surface area contributed by atoms with Gasteiger partial charge in [0.1, 0.15) is 12.7 Å². The van der Waals surface area contributed by atoms with Crippen LogP contribution in [-0.4, -0.2) is 72.3 Å². The van der Waals surface area contributed by atoms with E-state index in [2.05, 4.69) is 28.6 Å². The minimum atomic E-state index is -0.731. The van der Waals surface area contributed by atoms with Crippen molar-refractivity contribution >= 4 is 17.2 Å². The van der Waals surface area contributed by atoms with Gasteiger partial charge >= 0.3 is 0 Å². The summed E-state index contributed by atoms with van der Waals surface area (Å²) in [5.74, 6) is -0.354. The molecule has 0 aromatic heterocycles. The Labute approximate surface area is 189 Å². The van der Waals surface area contributed by atoms with Crippen LogP contribution >= 0.6 is 0 Å². The van der Waals surface area contributed by atoms with E-state index >= 15 is 0 Å². The van der Waals surface area contributed by atoms with Crippen molar-refractivity contribution in [1.82, 2.24) is 9.80 Å². The molecule has 2 atom stereocenters. The van der Waals surface area contributed by atoms with Crippen molar-refractivity contribution in [3.63, 3.8) is 0 Å². The number of amides is 1. The molecule has 2 aromatic carbocycles. The van der Waals surface area contributed by atoms with Crippen LogP contribution in [0.2, 0.25) is 0 Å². The van der Waals surface area contributed by atoms with Crippen molar-refractivity contribution in [3.8, 4) is 5.75 Å². The summed E-state index contributed by atoms with van der Waals surface area (Å²) in [4.78, 5) is 16.9. The maximum Gasteiger partial charge on any atom is 0.238 e. The average molecular weight is 442 g/mol. The van der Waals surface area contributed by atoms with Crippen LogP contribution in [0.1, 0.15) is 19.4 Å². The van der Waals surface area contributed by atoms with Gasteiger partial charge < -0.3 is 15.2 Å². The lowest BCUT2D eigenvalue weighted by atomic mass is 10.1. The Bertz CT molecular complexity index is 936. The summed E-state index contributed by atoms with van der Waals surface area (Å²) in [6, 6.07) is 14.0. The van der Waals surface area contributed by atoms with E-state index in [0.717, 1.165) is 36.5 Å². The largest absolute Gasteiger partial charge is 0.488 e. The molecule has 2 aromatic rings. The van der Waals surface area contributed by atoms with Gasteiger partial charge in [-0.1, -0.05) is 36.9 Å². The first kappa shape index (κ1) is 23.9. The molecular weight excluding hydrogens is 409 g/mol. The Morgan fingerprint density at radius 3 is 2.69 bits per heavy atom. The van der Waals surface area contributed by atoms with Gasteiger partial charge in [-0.3, -0.25) is 14.6 Å². The zero-order chi connectivity index (χ0) is 23.1. The number of hydrogen-bond donors (Lipinski definition) is 2. The highest BCUT2D eigenvalue weighted by atomic mass is 19.1. The standard InChI is InChI=1S/C25H32FN3O3/c1-18(2)21-8-4-6-10-23(21)27-25(31)16-28-12-13-29(19(3)14-28)15-20(30)17-32-24-11-7-5-9-22(24)26/h4-11,19-20,30H,1,12-17H2,2-3H3,(H,27,31). The molecule has 1 amide bonds. The van der Waals surface area contributed by atoms with Gasteiger partial charge in [-0.05, 0) is 37.6 Å². The van der Waals surface area contributed by atoms with Gasteiger partial charge in [0.25, 0.3) is 0 Å². The molecule has 2 N–H and O–H groups in total. The number of β-amino-alcohol motifs (C(OH)–C–C–N with tert-alkyl or cyclic N) is 1. The monoisotopic (exact) mass is 441 g/mol. The van der Waals surface area contributed by atoms with Crippen LogP contribution in [0.15, 0.2) is 55.1 Å². The van der Waals surface area contributed by atoms with Gasteiger partial charge in [-0.15, -0.1) is 0 Å². The van der Waals surface area contributed by atoms with Crippen LogP contribution in [-0.2, 0) is 4.79 Å². The molecule has 3 rings (SSSR count). The zero-order valence-corrected chi connectivity index (χ0v) is 18.8. The number of benzene rings is 2. The third-order valence-electron chi connectivity index (χ3n) is 5.59. The van der Waals surface area contributed by atoms with Crippen LogP contribution in [0.3, 0.4) is 0 Å². The molecule has 6 nitrogen and oxygen atoms in total. The van der Waals surface area contributed by atoms with E-state index in [1.165, 1.54) is 6.07 Å². The summed E-state index contributed by atoms with van der Waals surface area (Å²) in [7, 11) is 0. The Morgan fingerprint density at radius 2 is 1.97 bits per heavy atom. The lowest BCUT2D eigenvalue weighted by Gasteiger charge is -2.40. The topological polar surface area (TPSA) is 65.0 Å². The number of carbonyl (C=O) groups is 1. The van der Waals surface area contributed by atoms with Crippen molar-refractivity contribution in [2.45, 2.75) is 26.0 Å². The third kappa shape index (κ3) is 6.63. The Kier molecular flexibility index (Phi) is 8.39. The molecule has 7 heteroatoms. The molecule has 0 spiro atoms. The van der Waals surface area contributed by atoms with Crippen LogP contribution in [0.5, 0.6) is 5.75 Å².